The summed E-state index contributed by atoms with van der Waals surface area (Å²) in [6.45, 7) is 5.81. The Balaban J connectivity index is 4.14. The van der Waals surface area contributed by atoms with Crippen molar-refractivity contribution < 1.29 is 24.2 Å². The van der Waals surface area contributed by atoms with Crippen molar-refractivity contribution in [2.75, 3.05) is 13.7 Å². The second-order valence-electron chi connectivity index (χ2n) is 5.14. The Labute approximate surface area is 119 Å². The molecule has 7 nitrogen and oxygen atoms in total. The number of carboxylic acids is 1. The predicted octanol–water partition coefficient (Wildman–Crippen LogP) is 0.984. The van der Waals surface area contributed by atoms with E-state index in [1.54, 1.807) is 13.8 Å². The van der Waals surface area contributed by atoms with Gasteiger partial charge in [0.05, 0.1) is 7.11 Å². The summed E-state index contributed by atoms with van der Waals surface area (Å²) in [6, 6.07) is -1.16. The van der Waals surface area contributed by atoms with Gasteiger partial charge in [0.25, 0.3) is 0 Å². The first-order chi connectivity index (χ1) is 9.27. The molecule has 3 N–H and O–H groups in total. The number of carbonyl (C=O) groups excluding carboxylic acids is 2. The van der Waals surface area contributed by atoms with Crippen LogP contribution in [-0.2, 0) is 14.3 Å². The molecule has 0 bridgehead atoms. The monoisotopic (exact) mass is 288 g/mol. The van der Waals surface area contributed by atoms with Crippen LogP contribution in [0.15, 0.2) is 0 Å². The van der Waals surface area contributed by atoms with E-state index in [9.17, 15) is 14.4 Å². The summed E-state index contributed by atoms with van der Waals surface area (Å²) >= 11 is 0. The number of aliphatic carboxylic acids is 1. The zero-order valence-electron chi connectivity index (χ0n) is 12.4. The van der Waals surface area contributed by atoms with Crippen LogP contribution in [0.25, 0.3) is 0 Å². The van der Waals surface area contributed by atoms with Crippen LogP contribution in [0.2, 0.25) is 0 Å². The quantitative estimate of drug-likeness (QED) is 0.578. The summed E-state index contributed by atoms with van der Waals surface area (Å²) in [6.07, 6.45) is 0.557. The van der Waals surface area contributed by atoms with E-state index in [0.29, 0.717) is 13.0 Å². The molecule has 0 aromatic carbocycles. The van der Waals surface area contributed by atoms with Crippen molar-refractivity contribution in [3.63, 3.8) is 0 Å². The molecular formula is C13H24N2O5. The molecule has 7 heteroatoms. The lowest BCUT2D eigenvalue weighted by Gasteiger charge is -2.20. The van der Waals surface area contributed by atoms with Crippen molar-refractivity contribution in [2.45, 2.75) is 39.7 Å². The highest BCUT2D eigenvalue weighted by Crippen LogP contribution is 2.05. The van der Waals surface area contributed by atoms with Crippen LogP contribution in [0.1, 0.15) is 33.6 Å². The first-order valence-corrected chi connectivity index (χ1v) is 6.61. The molecule has 0 fully saturated rings. The van der Waals surface area contributed by atoms with Crippen LogP contribution in [-0.4, -0.2) is 42.8 Å². The van der Waals surface area contributed by atoms with E-state index >= 15 is 0 Å². The zero-order valence-corrected chi connectivity index (χ0v) is 12.4. The molecule has 2 atom stereocenters. The van der Waals surface area contributed by atoms with Crippen molar-refractivity contribution in [2.24, 2.45) is 11.8 Å². The number of urea groups is 1. The fourth-order valence-electron chi connectivity index (χ4n) is 1.56. The van der Waals surface area contributed by atoms with E-state index in [1.165, 1.54) is 7.11 Å². The lowest BCUT2D eigenvalue weighted by atomic mass is 10.0. The molecule has 0 aliphatic heterocycles. The van der Waals surface area contributed by atoms with Gasteiger partial charge in [-0.3, -0.25) is 4.79 Å². The molecule has 0 radical (unpaired) electrons. The second-order valence-corrected chi connectivity index (χ2v) is 5.14. The van der Waals surface area contributed by atoms with Gasteiger partial charge in [-0.15, -0.1) is 0 Å². The average molecular weight is 288 g/mol. The number of carbonyl (C=O) groups is 3. The third-order valence-corrected chi connectivity index (χ3v) is 2.87. The van der Waals surface area contributed by atoms with Gasteiger partial charge in [0.2, 0.25) is 0 Å². The number of methoxy groups -OCH3 is 1. The highest BCUT2D eigenvalue weighted by atomic mass is 16.5. The van der Waals surface area contributed by atoms with Crippen LogP contribution >= 0.6 is 0 Å². The number of hydrogen-bond acceptors (Lipinski definition) is 4. The molecule has 0 heterocycles. The Morgan fingerprint density at radius 2 is 1.80 bits per heavy atom. The summed E-state index contributed by atoms with van der Waals surface area (Å²) < 4.78 is 4.62. The molecule has 0 spiro atoms. The van der Waals surface area contributed by atoms with Gasteiger partial charge in [0, 0.05) is 13.0 Å². The summed E-state index contributed by atoms with van der Waals surface area (Å²) in [5.74, 6) is -1.38. The van der Waals surface area contributed by atoms with E-state index in [0.717, 1.165) is 0 Å². The van der Waals surface area contributed by atoms with Crippen molar-refractivity contribution in [3.05, 3.63) is 0 Å². The Kier molecular flexibility index (Phi) is 8.35. The van der Waals surface area contributed by atoms with Gasteiger partial charge in [-0.05, 0) is 18.3 Å². The summed E-state index contributed by atoms with van der Waals surface area (Å²) in [5, 5.41) is 13.7. The number of amides is 2. The zero-order chi connectivity index (χ0) is 15.7. The van der Waals surface area contributed by atoms with Crippen molar-refractivity contribution >= 4 is 18.0 Å². The maximum absolute atomic E-state index is 11.7. The number of esters is 1. The van der Waals surface area contributed by atoms with Gasteiger partial charge in [0.1, 0.15) is 6.04 Å². The minimum absolute atomic E-state index is 0.0486. The first-order valence-electron chi connectivity index (χ1n) is 6.61. The smallest absolute Gasteiger partial charge is 0.328 e. The minimum atomic E-state index is -0.855. The molecule has 116 valence electrons. The van der Waals surface area contributed by atoms with E-state index in [1.807, 2.05) is 6.92 Å². The van der Waals surface area contributed by atoms with Crippen molar-refractivity contribution in [1.29, 1.82) is 0 Å². The van der Waals surface area contributed by atoms with Crippen LogP contribution in [0.4, 0.5) is 4.79 Å². The lowest BCUT2D eigenvalue weighted by Crippen LogP contribution is -2.49. The molecule has 2 unspecified atom stereocenters. The number of hydrogen-bond donors (Lipinski definition) is 3. The molecule has 2 amide bonds. The third-order valence-electron chi connectivity index (χ3n) is 2.87. The predicted molar refractivity (Wildman–Crippen MR) is 73.2 cm³/mol. The topological polar surface area (TPSA) is 105 Å². The Bertz CT molecular complexity index is 344. The molecule has 0 saturated carbocycles. The summed E-state index contributed by atoms with van der Waals surface area (Å²) in [5.41, 5.74) is 0. The lowest BCUT2D eigenvalue weighted by molar-refractivity contribution is -0.144. The Morgan fingerprint density at radius 3 is 2.25 bits per heavy atom. The molecule has 0 aliphatic rings. The minimum Gasteiger partial charge on any atom is -0.481 e. The average Bonchev–Trinajstić information content (AvgIpc) is 2.38. The highest BCUT2D eigenvalue weighted by Gasteiger charge is 2.24. The molecule has 0 aromatic rings. The van der Waals surface area contributed by atoms with Gasteiger partial charge >= 0.3 is 18.0 Å². The Morgan fingerprint density at radius 1 is 1.20 bits per heavy atom. The maximum Gasteiger partial charge on any atom is 0.328 e. The molecule has 0 rings (SSSR count). The normalized spacial score (nSPS) is 13.4. The van der Waals surface area contributed by atoms with Gasteiger partial charge in [-0.1, -0.05) is 20.8 Å². The largest absolute Gasteiger partial charge is 0.481 e. The maximum atomic E-state index is 11.7. The van der Waals surface area contributed by atoms with Crippen molar-refractivity contribution in [3.8, 4) is 0 Å². The van der Waals surface area contributed by atoms with Crippen LogP contribution in [0.5, 0.6) is 0 Å². The molecule has 0 saturated heterocycles. The molecule has 0 aromatic heterocycles. The second kappa shape index (κ2) is 9.17. The number of rotatable bonds is 8. The first kappa shape index (κ1) is 18.2. The SMILES string of the molecule is COC(=O)C(NC(=O)NCC(C)CCC(=O)O)C(C)C. The van der Waals surface area contributed by atoms with Crippen LogP contribution in [0.3, 0.4) is 0 Å². The standard InChI is InChI=1S/C13H24N2O5/c1-8(2)11(12(18)20-4)15-13(19)14-7-9(3)5-6-10(16)17/h8-9,11H,5-7H2,1-4H3,(H,16,17)(H2,14,15,19). The van der Waals surface area contributed by atoms with E-state index in [4.69, 9.17) is 5.11 Å². The number of ether oxygens (including phenoxy) is 1. The van der Waals surface area contributed by atoms with Gasteiger partial charge in [0.15, 0.2) is 0 Å². The van der Waals surface area contributed by atoms with E-state index < -0.39 is 24.0 Å². The van der Waals surface area contributed by atoms with Gasteiger partial charge in [-0.2, -0.15) is 0 Å². The number of carboxylic acid groups (broad SMARTS) is 1. The summed E-state index contributed by atoms with van der Waals surface area (Å²) in [4.78, 5) is 33.6. The molecular weight excluding hydrogens is 264 g/mol. The van der Waals surface area contributed by atoms with Crippen LogP contribution < -0.4 is 10.6 Å². The van der Waals surface area contributed by atoms with Gasteiger partial charge < -0.3 is 20.5 Å². The molecule has 0 aliphatic carbocycles. The third kappa shape index (κ3) is 7.60. The highest BCUT2D eigenvalue weighted by molar-refractivity contribution is 5.83. The fourth-order valence-corrected chi connectivity index (χ4v) is 1.56. The fraction of sp³-hybridized carbons (Fsp3) is 0.769. The van der Waals surface area contributed by atoms with Gasteiger partial charge in [-0.25, -0.2) is 9.59 Å². The molecule has 20 heavy (non-hydrogen) atoms. The van der Waals surface area contributed by atoms with Crippen molar-refractivity contribution in [1.82, 2.24) is 10.6 Å². The number of nitrogens with one attached hydrogen (secondary N) is 2. The summed E-state index contributed by atoms with van der Waals surface area (Å²) in [7, 11) is 1.27. The van der Waals surface area contributed by atoms with Crippen LogP contribution in [0, 0.1) is 11.8 Å². The van der Waals surface area contributed by atoms with E-state index in [2.05, 4.69) is 15.4 Å². The Hall–Kier alpha value is -1.79. The van der Waals surface area contributed by atoms with E-state index in [-0.39, 0.29) is 18.3 Å².